The Balaban J connectivity index is 1.88. The van der Waals surface area contributed by atoms with E-state index in [0.29, 0.717) is 5.69 Å². The monoisotopic (exact) mass is 418 g/mol. The number of nitrogens with zero attached hydrogens (tertiary/aromatic N) is 3. The largest absolute Gasteiger partial charge is 0.384 e. The molecule has 0 unspecified atom stereocenters. The maximum absolute atomic E-state index is 13.1. The lowest BCUT2D eigenvalue weighted by atomic mass is 10.1. The number of aromatic nitrogens is 3. The molecule has 2 aromatic heterocycles. The summed E-state index contributed by atoms with van der Waals surface area (Å²) in [6, 6.07) is 17.5. The first-order chi connectivity index (χ1) is 14.5. The number of nitrogen functional groups attached to an aromatic ring is 1. The van der Waals surface area contributed by atoms with Gasteiger partial charge in [0.15, 0.2) is 0 Å². The molecule has 152 valence electrons. The van der Waals surface area contributed by atoms with E-state index in [1.54, 1.807) is 6.92 Å². The van der Waals surface area contributed by atoms with E-state index in [4.69, 9.17) is 10.7 Å². The molecule has 2 N–H and O–H groups in total. The smallest absolute Gasteiger partial charge is 0.332 e. The number of benzene rings is 2. The molecule has 0 aliphatic carbocycles. The minimum atomic E-state index is -0.415. The highest BCUT2D eigenvalue weighted by Gasteiger charge is 2.21. The van der Waals surface area contributed by atoms with Gasteiger partial charge in [-0.1, -0.05) is 54.6 Å². The van der Waals surface area contributed by atoms with Gasteiger partial charge in [-0.3, -0.25) is 13.9 Å². The molecule has 6 nitrogen and oxygen atoms in total. The number of hydrogen-bond donors (Lipinski definition) is 1. The van der Waals surface area contributed by atoms with E-state index in [9.17, 15) is 9.59 Å². The predicted molar refractivity (Wildman–Crippen MR) is 122 cm³/mol. The molecule has 2 aromatic carbocycles. The van der Waals surface area contributed by atoms with E-state index in [-0.39, 0.29) is 24.5 Å². The van der Waals surface area contributed by atoms with E-state index in [1.165, 1.54) is 20.5 Å². The van der Waals surface area contributed by atoms with Crippen LogP contribution in [-0.2, 0) is 13.1 Å². The molecule has 0 bridgehead atoms. The Morgan fingerprint density at radius 1 is 1.00 bits per heavy atom. The molecule has 0 amide bonds. The zero-order valence-electron chi connectivity index (χ0n) is 16.8. The zero-order chi connectivity index (χ0) is 21.3. The van der Waals surface area contributed by atoms with Crippen molar-refractivity contribution >= 4 is 17.2 Å². The van der Waals surface area contributed by atoms with Crippen LogP contribution in [0.25, 0.3) is 21.8 Å². The number of rotatable bonds is 5. The third-order valence-corrected chi connectivity index (χ3v) is 5.98. The van der Waals surface area contributed by atoms with Crippen molar-refractivity contribution < 1.29 is 0 Å². The van der Waals surface area contributed by atoms with Crippen molar-refractivity contribution in [2.24, 2.45) is 0 Å². The molecule has 4 rings (SSSR count). The number of anilines is 1. The van der Waals surface area contributed by atoms with Crippen molar-refractivity contribution in [3.05, 3.63) is 91.9 Å². The molecule has 0 fully saturated rings. The molecule has 0 spiro atoms. The van der Waals surface area contributed by atoms with E-state index in [1.807, 2.05) is 66.9 Å². The average molecular weight is 419 g/mol. The van der Waals surface area contributed by atoms with E-state index >= 15 is 0 Å². The molecule has 0 saturated carbocycles. The first-order valence-corrected chi connectivity index (χ1v) is 10.6. The quantitative estimate of drug-likeness (QED) is 0.535. The minimum absolute atomic E-state index is 0.139. The van der Waals surface area contributed by atoms with Crippen LogP contribution in [0.3, 0.4) is 0 Å². The Bertz CT molecular complexity index is 1320. The van der Waals surface area contributed by atoms with Gasteiger partial charge in [-0.05, 0) is 25.0 Å². The summed E-state index contributed by atoms with van der Waals surface area (Å²) >= 11 is 1.45. The standard InChI is InChI=1S/C23H22N4O2S/c1-3-26-22(28)19(18-14-30-21(25-18)17-12-8-7-9-15(17)2)20(24)27(23(26)29)13-16-10-5-4-6-11-16/h4-12,14H,3,13,24H2,1-2H3. The summed E-state index contributed by atoms with van der Waals surface area (Å²) in [6.07, 6.45) is 0. The Kier molecular flexibility index (Phi) is 5.37. The van der Waals surface area contributed by atoms with Crippen molar-refractivity contribution in [2.45, 2.75) is 26.9 Å². The Hall–Kier alpha value is -3.45. The molecule has 0 aliphatic rings. The van der Waals surface area contributed by atoms with Gasteiger partial charge in [-0.25, -0.2) is 9.78 Å². The summed E-state index contributed by atoms with van der Waals surface area (Å²) < 4.78 is 2.66. The summed E-state index contributed by atoms with van der Waals surface area (Å²) in [6.45, 7) is 4.34. The van der Waals surface area contributed by atoms with Gasteiger partial charge in [0, 0.05) is 17.5 Å². The lowest BCUT2D eigenvalue weighted by Crippen LogP contribution is -2.41. The fraction of sp³-hybridized carbons (Fsp3) is 0.174. The molecular formula is C23H22N4O2S. The van der Waals surface area contributed by atoms with Gasteiger partial charge in [-0.15, -0.1) is 11.3 Å². The molecule has 0 saturated heterocycles. The van der Waals surface area contributed by atoms with E-state index in [2.05, 4.69) is 0 Å². The third kappa shape index (κ3) is 3.48. The lowest BCUT2D eigenvalue weighted by Gasteiger charge is -2.15. The van der Waals surface area contributed by atoms with Gasteiger partial charge in [-0.2, -0.15) is 0 Å². The van der Waals surface area contributed by atoms with Gasteiger partial charge in [0.25, 0.3) is 5.56 Å². The summed E-state index contributed by atoms with van der Waals surface area (Å²) in [4.78, 5) is 30.7. The highest BCUT2D eigenvalue weighted by atomic mass is 32.1. The van der Waals surface area contributed by atoms with Crippen molar-refractivity contribution in [3.63, 3.8) is 0 Å². The van der Waals surface area contributed by atoms with Crippen LogP contribution in [-0.4, -0.2) is 14.1 Å². The first kappa shape index (κ1) is 19.8. The van der Waals surface area contributed by atoms with Gasteiger partial charge in [0.05, 0.1) is 12.2 Å². The highest BCUT2D eigenvalue weighted by molar-refractivity contribution is 7.13. The highest BCUT2D eigenvalue weighted by Crippen LogP contribution is 2.31. The van der Waals surface area contributed by atoms with E-state index < -0.39 is 11.2 Å². The maximum atomic E-state index is 13.1. The molecule has 0 atom stereocenters. The Labute approximate surface area is 177 Å². The van der Waals surface area contributed by atoms with Crippen LogP contribution < -0.4 is 17.0 Å². The topological polar surface area (TPSA) is 82.9 Å². The second-order valence-electron chi connectivity index (χ2n) is 7.02. The van der Waals surface area contributed by atoms with Crippen molar-refractivity contribution in [3.8, 4) is 21.8 Å². The van der Waals surface area contributed by atoms with Gasteiger partial charge < -0.3 is 5.73 Å². The molecule has 4 aromatic rings. The van der Waals surface area contributed by atoms with Crippen LogP contribution in [0.15, 0.2) is 69.6 Å². The van der Waals surface area contributed by atoms with Gasteiger partial charge in [0.1, 0.15) is 16.4 Å². The molecule has 0 aliphatic heterocycles. The lowest BCUT2D eigenvalue weighted by molar-refractivity contribution is 0.606. The van der Waals surface area contributed by atoms with Crippen molar-refractivity contribution in [2.75, 3.05) is 5.73 Å². The predicted octanol–water partition coefficient (Wildman–Crippen LogP) is 3.76. The van der Waals surface area contributed by atoms with E-state index in [0.717, 1.165) is 21.7 Å². The fourth-order valence-electron chi connectivity index (χ4n) is 3.48. The Morgan fingerprint density at radius 2 is 1.70 bits per heavy atom. The number of thiazole rings is 1. The normalized spacial score (nSPS) is 11.0. The molecule has 0 radical (unpaired) electrons. The number of nitrogens with two attached hydrogens (primary N) is 1. The van der Waals surface area contributed by atoms with Gasteiger partial charge in [0.2, 0.25) is 0 Å². The molecule has 2 heterocycles. The SMILES string of the molecule is CCn1c(=O)c(-c2csc(-c3ccccc3C)n2)c(N)n(Cc2ccccc2)c1=O. The van der Waals surface area contributed by atoms with Crippen LogP contribution in [0, 0.1) is 6.92 Å². The number of hydrogen-bond acceptors (Lipinski definition) is 5. The molecular weight excluding hydrogens is 396 g/mol. The van der Waals surface area contributed by atoms with Gasteiger partial charge >= 0.3 is 5.69 Å². The summed E-state index contributed by atoms with van der Waals surface area (Å²) in [5.41, 5.74) is 9.36. The van der Waals surface area contributed by atoms with Crippen LogP contribution in [0.2, 0.25) is 0 Å². The first-order valence-electron chi connectivity index (χ1n) is 9.70. The fourth-order valence-corrected chi connectivity index (χ4v) is 4.38. The summed E-state index contributed by atoms with van der Waals surface area (Å²) in [7, 11) is 0. The summed E-state index contributed by atoms with van der Waals surface area (Å²) in [5, 5.41) is 2.64. The minimum Gasteiger partial charge on any atom is -0.384 e. The summed E-state index contributed by atoms with van der Waals surface area (Å²) in [5.74, 6) is 0.139. The van der Waals surface area contributed by atoms with Crippen LogP contribution >= 0.6 is 11.3 Å². The third-order valence-electron chi connectivity index (χ3n) is 5.10. The van der Waals surface area contributed by atoms with Crippen molar-refractivity contribution in [1.29, 1.82) is 0 Å². The van der Waals surface area contributed by atoms with Crippen LogP contribution in [0.5, 0.6) is 0 Å². The molecule has 30 heavy (non-hydrogen) atoms. The van der Waals surface area contributed by atoms with Crippen LogP contribution in [0.1, 0.15) is 18.1 Å². The second kappa shape index (κ2) is 8.12. The molecule has 7 heteroatoms. The second-order valence-corrected chi connectivity index (χ2v) is 7.87. The zero-order valence-corrected chi connectivity index (χ0v) is 17.6. The maximum Gasteiger partial charge on any atom is 0.332 e. The van der Waals surface area contributed by atoms with Crippen molar-refractivity contribution in [1.82, 2.24) is 14.1 Å². The Morgan fingerprint density at radius 3 is 2.40 bits per heavy atom. The van der Waals surface area contributed by atoms with Crippen LogP contribution in [0.4, 0.5) is 5.82 Å². The number of aryl methyl sites for hydroxylation is 1. The average Bonchev–Trinajstić information content (AvgIpc) is 3.22.